The van der Waals surface area contributed by atoms with Crippen molar-refractivity contribution in [1.29, 1.82) is 0 Å². The molecular weight excluding hydrogens is 220 g/mol. The van der Waals surface area contributed by atoms with Gasteiger partial charge >= 0.3 is 0 Å². The van der Waals surface area contributed by atoms with E-state index in [1.807, 2.05) is 6.07 Å². The Kier molecular flexibility index (Phi) is 3.82. The van der Waals surface area contributed by atoms with E-state index in [1.54, 1.807) is 19.2 Å². The molecule has 0 radical (unpaired) electrons. The van der Waals surface area contributed by atoms with Gasteiger partial charge in [0.15, 0.2) is 11.5 Å². The first kappa shape index (κ1) is 11.7. The normalized spacial score (nSPS) is 13.9. The van der Waals surface area contributed by atoms with E-state index in [1.165, 1.54) is 0 Å². The van der Waals surface area contributed by atoms with Gasteiger partial charge in [0.2, 0.25) is 5.91 Å². The third-order valence-corrected chi connectivity index (χ3v) is 2.37. The van der Waals surface area contributed by atoms with Gasteiger partial charge < -0.3 is 20.1 Å². The van der Waals surface area contributed by atoms with Gasteiger partial charge in [0.25, 0.3) is 0 Å². The average Bonchev–Trinajstić information content (AvgIpc) is 2.53. The number of ether oxygens (including phenoxy) is 2. The SMILES string of the molecule is CNCC(=O)Nc1ccc2c(c1)OCCCO2. The van der Waals surface area contributed by atoms with E-state index in [0.717, 1.165) is 17.9 Å². The van der Waals surface area contributed by atoms with E-state index in [9.17, 15) is 4.79 Å². The second-order valence-corrected chi connectivity index (χ2v) is 3.79. The topological polar surface area (TPSA) is 59.6 Å². The summed E-state index contributed by atoms with van der Waals surface area (Å²) >= 11 is 0. The predicted molar refractivity (Wildman–Crippen MR) is 64.6 cm³/mol. The lowest BCUT2D eigenvalue weighted by atomic mass is 10.2. The molecule has 1 aromatic rings. The summed E-state index contributed by atoms with van der Waals surface area (Å²) in [5, 5.41) is 5.57. The molecule has 0 spiro atoms. The first-order valence-corrected chi connectivity index (χ1v) is 5.63. The Balaban J connectivity index is 2.09. The van der Waals surface area contributed by atoms with Gasteiger partial charge in [-0.1, -0.05) is 0 Å². The number of amides is 1. The molecule has 1 aliphatic rings. The molecule has 0 aromatic heterocycles. The molecule has 92 valence electrons. The summed E-state index contributed by atoms with van der Waals surface area (Å²) in [6, 6.07) is 5.41. The van der Waals surface area contributed by atoms with Crippen molar-refractivity contribution >= 4 is 11.6 Å². The molecule has 2 rings (SSSR count). The minimum absolute atomic E-state index is 0.0815. The van der Waals surface area contributed by atoms with Gasteiger partial charge in [0, 0.05) is 18.2 Å². The highest BCUT2D eigenvalue weighted by Gasteiger charge is 2.11. The molecule has 5 heteroatoms. The van der Waals surface area contributed by atoms with Gasteiger partial charge in [0.05, 0.1) is 19.8 Å². The zero-order valence-electron chi connectivity index (χ0n) is 9.79. The van der Waals surface area contributed by atoms with Crippen LogP contribution < -0.4 is 20.1 Å². The van der Waals surface area contributed by atoms with Crippen molar-refractivity contribution in [3.8, 4) is 11.5 Å². The van der Waals surface area contributed by atoms with Gasteiger partial charge in [-0.25, -0.2) is 0 Å². The molecule has 1 aromatic carbocycles. The number of rotatable bonds is 3. The lowest BCUT2D eigenvalue weighted by Gasteiger charge is -2.10. The van der Waals surface area contributed by atoms with Crippen molar-refractivity contribution < 1.29 is 14.3 Å². The fourth-order valence-corrected chi connectivity index (χ4v) is 1.61. The van der Waals surface area contributed by atoms with E-state index in [2.05, 4.69) is 10.6 Å². The molecule has 0 unspecified atom stereocenters. The van der Waals surface area contributed by atoms with Gasteiger partial charge in [-0.2, -0.15) is 0 Å². The third kappa shape index (κ3) is 3.10. The summed E-state index contributed by atoms with van der Waals surface area (Å²) in [5.74, 6) is 1.33. The number of carbonyl (C=O) groups excluding carboxylic acids is 1. The Bertz CT molecular complexity index is 407. The molecule has 1 amide bonds. The van der Waals surface area contributed by atoms with Crippen LogP contribution in [0.25, 0.3) is 0 Å². The van der Waals surface area contributed by atoms with Crippen LogP contribution in [-0.2, 0) is 4.79 Å². The Morgan fingerprint density at radius 1 is 1.29 bits per heavy atom. The minimum Gasteiger partial charge on any atom is -0.490 e. The molecule has 0 saturated carbocycles. The van der Waals surface area contributed by atoms with Crippen LogP contribution in [-0.4, -0.2) is 32.7 Å². The second kappa shape index (κ2) is 5.54. The highest BCUT2D eigenvalue weighted by molar-refractivity contribution is 5.92. The second-order valence-electron chi connectivity index (χ2n) is 3.79. The van der Waals surface area contributed by atoms with Crippen molar-refractivity contribution in [1.82, 2.24) is 5.32 Å². The molecule has 5 nitrogen and oxygen atoms in total. The number of hydrogen-bond acceptors (Lipinski definition) is 4. The number of hydrogen-bond donors (Lipinski definition) is 2. The molecule has 1 heterocycles. The number of likely N-dealkylation sites (N-methyl/N-ethyl adjacent to an activating group) is 1. The van der Waals surface area contributed by atoms with Crippen molar-refractivity contribution in [2.24, 2.45) is 0 Å². The molecule has 1 aliphatic heterocycles. The third-order valence-electron chi connectivity index (χ3n) is 2.37. The molecule has 0 atom stereocenters. The van der Waals surface area contributed by atoms with Crippen LogP contribution in [0, 0.1) is 0 Å². The highest BCUT2D eigenvalue weighted by Crippen LogP contribution is 2.32. The quantitative estimate of drug-likeness (QED) is 0.822. The monoisotopic (exact) mass is 236 g/mol. The molecule has 0 bridgehead atoms. The van der Waals surface area contributed by atoms with Crippen LogP contribution in [0.1, 0.15) is 6.42 Å². The fourth-order valence-electron chi connectivity index (χ4n) is 1.61. The summed E-state index contributed by atoms with van der Waals surface area (Å²) in [6.45, 7) is 1.59. The molecule has 17 heavy (non-hydrogen) atoms. The number of carbonyl (C=O) groups is 1. The van der Waals surface area contributed by atoms with Crippen molar-refractivity contribution in [3.05, 3.63) is 18.2 Å². The molecule has 2 N–H and O–H groups in total. The van der Waals surface area contributed by atoms with Crippen LogP contribution >= 0.6 is 0 Å². The van der Waals surface area contributed by atoms with Gasteiger partial charge in [0.1, 0.15) is 0 Å². The maximum atomic E-state index is 11.4. The van der Waals surface area contributed by atoms with Crippen LogP contribution in [0.2, 0.25) is 0 Å². The van der Waals surface area contributed by atoms with E-state index in [4.69, 9.17) is 9.47 Å². The van der Waals surface area contributed by atoms with E-state index < -0.39 is 0 Å². The Labute approximate surface area is 100 Å². The zero-order chi connectivity index (χ0) is 12.1. The number of nitrogens with one attached hydrogen (secondary N) is 2. The number of fused-ring (bicyclic) bond motifs is 1. The molecule has 0 fully saturated rings. The maximum Gasteiger partial charge on any atom is 0.238 e. The first-order valence-electron chi connectivity index (χ1n) is 5.63. The summed E-state index contributed by atoms with van der Waals surface area (Å²) in [4.78, 5) is 11.4. The molecular formula is C12H16N2O3. The number of anilines is 1. The summed E-state index contributed by atoms with van der Waals surface area (Å²) < 4.78 is 11.0. The lowest BCUT2D eigenvalue weighted by molar-refractivity contribution is -0.115. The largest absolute Gasteiger partial charge is 0.490 e. The summed E-state index contributed by atoms with van der Waals surface area (Å²) in [7, 11) is 1.73. The average molecular weight is 236 g/mol. The van der Waals surface area contributed by atoms with Crippen molar-refractivity contribution in [2.75, 3.05) is 32.1 Å². The highest BCUT2D eigenvalue weighted by atomic mass is 16.5. The van der Waals surface area contributed by atoms with Crippen LogP contribution in [0.15, 0.2) is 18.2 Å². The summed E-state index contributed by atoms with van der Waals surface area (Å²) in [6.07, 6.45) is 0.871. The minimum atomic E-state index is -0.0815. The van der Waals surface area contributed by atoms with E-state index >= 15 is 0 Å². The number of benzene rings is 1. The van der Waals surface area contributed by atoms with Crippen LogP contribution in [0.3, 0.4) is 0 Å². The van der Waals surface area contributed by atoms with Crippen molar-refractivity contribution in [2.45, 2.75) is 6.42 Å². The first-order chi connectivity index (χ1) is 8.29. The van der Waals surface area contributed by atoms with Gasteiger partial charge in [-0.05, 0) is 19.2 Å². The van der Waals surface area contributed by atoms with E-state index in [0.29, 0.717) is 19.0 Å². The summed E-state index contributed by atoms with van der Waals surface area (Å²) in [5.41, 5.74) is 0.717. The Hall–Kier alpha value is -1.75. The zero-order valence-corrected chi connectivity index (χ0v) is 9.79. The van der Waals surface area contributed by atoms with Gasteiger partial charge in [-0.15, -0.1) is 0 Å². The smallest absolute Gasteiger partial charge is 0.238 e. The Morgan fingerprint density at radius 2 is 2.06 bits per heavy atom. The van der Waals surface area contributed by atoms with Crippen LogP contribution in [0.5, 0.6) is 11.5 Å². The predicted octanol–water partition coefficient (Wildman–Crippen LogP) is 1.01. The van der Waals surface area contributed by atoms with Gasteiger partial charge in [-0.3, -0.25) is 4.79 Å². The fraction of sp³-hybridized carbons (Fsp3) is 0.417. The van der Waals surface area contributed by atoms with Crippen molar-refractivity contribution in [3.63, 3.8) is 0 Å². The van der Waals surface area contributed by atoms with Crippen LogP contribution in [0.4, 0.5) is 5.69 Å². The Morgan fingerprint density at radius 3 is 2.82 bits per heavy atom. The van der Waals surface area contributed by atoms with E-state index in [-0.39, 0.29) is 12.5 Å². The standard InChI is InChI=1S/C12H16N2O3/c1-13-8-12(15)14-9-3-4-10-11(7-9)17-6-2-5-16-10/h3-4,7,13H,2,5-6,8H2,1H3,(H,14,15). The lowest BCUT2D eigenvalue weighted by Crippen LogP contribution is -2.25. The molecule has 0 saturated heterocycles. The maximum absolute atomic E-state index is 11.4. The molecule has 0 aliphatic carbocycles.